The highest BCUT2D eigenvalue weighted by Gasteiger charge is 2.21. The molecule has 0 aliphatic carbocycles. The van der Waals surface area contributed by atoms with Crippen molar-refractivity contribution < 1.29 is 9.53 Å². The quantitative estimate of drug-likeness (QED) is 0.828. The van der Waals surface area contributed by atoms with Crippen molar-refractivity contribution in [2.24, 2.45) is 0 Å². The molecule has 1 amide bonds. The average molecular weight is 353 g/mol. The molecule has 1 aromatic heterocycles. The van der Waals surface area contributed by atoms with E-state index >= 15 is 0 Å². The molecule has 0 unspecified atom stereocenters. The van der Waals surface area contributed by atoms with Crippen LogP contribution in [0, 0.1) is 18.3 Å². The maximum atomic E-state index is 12.3. The van der Waals surface area contributed by atoms with Crippen LogP contribution >= 0.6 is 11.3 Å². The summed E-state index contributed by atoms with van der Waals surface area (Å²) in [5.74, 6) is 0.455. The van der Waals surface area contributed by atoms with E-state index in [9.17, 15) is 10.1 Å². The van der Waals surface area contributed by atoms with Gasteiger partial charge in [0.25, 0.3) is 0 Å². The Morgan fingerprint density at radius 1 is 1.48 bits per heavy atom. The zero-order chi connectivity index (χ0) is 17.8. The van der Waals surface area contributed by atoms with Gasteiger partial charge in [0, 0.05) is 23.1 Å². The summed E-state index contributed by atoms with van der Waals surface area (Å²) in [4.78, 5) is 13.4. The number of methoxy groups -OCH3 is 1. The zero-order valence-corrected chi connectivity index (χ0v) is 15.0. The molecule has 0 saturated carbocycles. The molecule has 2 aromatic rings. The van der Waals surface area contributed by atoms with Gasteiger partial charge in [0.15, 0.2) is 0 Å². The van der Waals surface area contributed by atoms with E-state index in [1.54, 1.807) is 13.2 Å². The first-order chi connectivity index (χ1) is 12.1. The maximum absolute atomic E-state index is 12.3. The Bertz CT molecular complexity index is 878. The highest BCUT2D eigenvalue weighted by molar-refractivity contribution is 7.16. The fraction of sp³-hybridized carbons (Fsp3) is 0.263. The van der Waals surface area contributed by atoms with Crippen LogP contribution in [0.15, 0.2) is 24.3 Å². The number of carbonyl (C=O) groups excluding carboxylic acids is 1. The van der Waals surface area contributed by atoms with Crippen LogP contribution < -0.4 is 15.4 Å². The lowest BCUT2D eigenvalue weighted by molar-refractivity contribution is -0.111. The molecule has 1 aliphatic rings. The van der Waals surface area contributed by atoms with Crippen LogP contribution in [-0.2, 0) is 17.8 Å². The predicted molar refractivity (Wildman–Crippen MR) is 99.8 cm³/mol. The molecule has 1 aliphatic heterocycles. The van der Waals surface area contributed by atoms with Crippen molar-refractivity contribution in [3.05, 3.63) is 51.4 Å². The second-order valence-electron chi connectivity index (χ2n) is 5.81. The molecule has 3 rings (SSSR count). The minimum absolute atomic E-state index is 0.258. The molecule has 2 heterocycles. The van der Waals surface area contributed by atoms with Gasteiger partial charge in [0.2, 0.25) is 5.91 Å². The number of ether oxygens (including phenoxy) is 1. The van der Waals surface area contributed by atoms with Crippen LogP contribution in [0.25, 0.3) is 6.08 Å². The van der Waals surface area contributed by atoms with E-state index in [1.165, 1.54) is 17.4 Å². The lowest BCUT2D eigenvalue weighted by Gasteiger charge is -2.11. The normalized spacial score (nSPS) is 13.3. The number of fused-ring (bicyclic) bond motifs is 1. The molecule has 0 radical (unpaired) electrons. The summed E-state index contributed by atoms with van der Waals surface area (Å²) in [5.41, 5.74) is 3.58. The van der Waals surface area contributed by atoms with Gasteiger partial charge in [-0.15, -0.1) is 11.3 Å². The lowest BCUT2D eigenvalue weighted by Crippen LogP contribution is -2.22. The Labute approximate surface area is 150 Å². The minimum Gasteiger partial charge on any atom is -0.496 e. The molecule has 0 spiro atoms. The van der Waals surface area contributed by atoms with Gasteiger partial charge in [0.05, 0.1) is 12.7 Å². The molecular formula is C19H19N3O2S. The topological polar surface area (TPSA) is 74.1 Å². The number of amides is 1. The second-order valence-corrected chi connectivity index (χ2v) is 6.92. The number of anilines is 1. The van der Waals surface area contributed by atoms with Gasteiger partial charge in [-0.3, -0.25) is 4.79 Å². The number of benzene rings is 1. The van der Waals surface area contributed by atoms with Gasteiger partial charge >= 0.3 is 0 Å². The SMILES string of the molecule is COc1ccc(C)cc1C=CC(=O)Nc1sc2c(c1C#N)CCNC2. The summed E-state index contributed by atoms with van der Waals surface area (Å²) in [6.07, 6.45) is 4.01. The van der Waals surface area contributed by atoms with E-state index < -0.39 is 0 Å². The van der Waals surface area contributed by atoms with E-state index in [0.29, 0.717) is 16.3 Å². The number of nitrogens with one attached hydrogen (secondary N) is 2. The highest BCUT2D eigenvalue weighted by atomic mass is 32.1. The summed E-state index contributed by atoms with van der Waals surface area (Å²) in [6.45, 7) is 3.60. The van der Waals surface area contributed by atoms with E-state index in [-0.39, 0.29) is 5.91 Å². The van der Waals surface area contributed by atoms with Crippen molar-refractivity contribution in [3.8, 4) is 11.8 Å². The van der Waals surface area contributed by atoms with Crippen molar-refractivity contribution in [3.63, 3.8) is 0 Å². The van der Waals surface area contributed by atoms with E-state index in [2.05, 4.69) is 16.7 Å². The molecule has 0 atom stereocenters. The minimum atomic E-state index is -0.258. The van der Waals surface area contributed by atoms with Crippen molar-refractivity contribution in [2.75, 3.05) is 19.0 Å². The molecule has 2 N–H and O–H groups in total. The number of hydrogen-bond acceptors (Lipinski definition) is 5. The summed E-state index contributed by atoms with van der Waals surface area (Å²) in [7, 11) is 1.60. The van der Waals surface area contributed by atoms with Gasteiger partial charge in [0.1, 0.15) is 16.8 Å². The Morgan fingerprint density at radius 3 is 3.08 bits per heavy atom. The first-order valence-electron chi connectivity index (χ1n) is 8.01. The third-order valence-electron chi connectivity index (χ3n) is 4.08. The summed E-state index contributed by atoms with van der Waals surface area (Å²) < 4.78 is 5.31. The number of carbonyl (C=O) groups is 1. The highest BCUT2D eigenvalue weighted by Crippen LogP contribution is 2.34. The molecule has 0 fully saturated rings. The summed E-state index contributed by atoms with van der Waals surface area (Å²) in [6, 6.07) is 8.02. The van der Waals surface area contributed by atoms with E-state index in [1.807, 2.05) is 25.1 Å². The number of nitrogens with zero attached hydrogens (tertiary/aromatic N) is 1. The van der Waals surface area contributed by atoms with E-state index in [0.717, 1.165) is 41.1 Å². The van der Waals surface area contributed by atoms with E-state index in [4.69, 9.17) is 4.74 Å². The van der Waals surface area contributed by atoms with Gasteiger partial charge in [-0.25, -0.2) is 0 Å². The first-order valence-corrected chi connectivity index (χ1v) is 8.83. The molecule has 128 valence electrons. The molecule has 0 saturated heterocycles. The second kappa shape index (κ2) is 7.51. The molecule has 0 bridgehead atoms. The van der Waals surface area contributed by atoms with Gasteiger partial charge < -0.3 is 15.4 Å². The van der Waals surface area contributed by atoms with Crippen LogP contribution in [0.2, 0.25) is 0 Å². The first kappa shape index (κ1) is 17.2. The Balaban J connectivity index is 1.79. The Hall–Kier alpha value is -2.62. The third-order valence-corrected chi connectivity index (χ3v) is 5.22. The number of thiophene rings is 1. The fourth-order valence-electron chi connectivity index (χ4n) is 2.84. The van der Waals surface area contributed by atoms with Gasteiger partial charge in [-0.05, 0) is 43.7 Å². The Kier molecular flexibility index (Phi) is 5.17. The zero-order valence-electron chi connectivity index (χ0n) is 14.2. The van der Waals surface area contributed by atoms with Crippen molar-refractivity contribution in [1.29, 1.82) is 5.26 Å². The van der Waals surface area contributed by atoms with Gasteiger partial charge in [-0.1, -0.05) is 11.6 Å². The summed E-state index contributed by atoms with van der Waals surface area (Å²) >= 11 is 1.47. The van der Waals surface area contributed by atoms with Crippen molar-refractivity contribution in [2.45, 2.75) is 19.9 Å². The predicted octanol–water partition coefficient (Wildman–Crippen LogP) is 3.23. The van der Waals surface area contributed by atoms with Crippen LogP contribution in [0.4, 0.5) is 5.00 Å². The van der Waals surface area contributed by atoms with Crippen LogP contribution in [0.1, 0.15) is 27.1 Å². The average Bonchev–Trinajstić information content (AvgIpc) is 2.97. The molecule has 25 heavy (non-hydrogen) atoms. The molecule has 5 nitrogen and oxygen atoms in total. The van der Waals surface area contributed by atoms with Crippen LogP contribution in [0.5, 0.6) is 5.75 Å². The van der Waals surface area contributed by atoms with Gasteiger partial charge in [-0.2, -0.15) is 5.26 Å². The number of nitriles is 1. The molecular weight excluding hydrogens is 334 g/mol. The van der Waals surface area contributed by atoms with Crippen LogP contribution in [-0.4, -0.2) is 19.6 Å². The van der Waals surface area contributed by atoms with Crippen molar-refractivity contribution in [1.82, 2.24) is 5.32 Å². The van der Waals surface area contributed by atoms with Crippen LogP contribution in [0.3, 0.4) is 0 Å². The fourth-order valence-corrected chi connectivity index (χ4v) is 4.01. The third kappa shape index (κ3) is 3.73. The number of rotatable bonds is 4. The monoisotopic (exact) mass is 353 g/mol. The number of hydrogen-bond donors (Lipinski definition) is 2. The molecule has 1 aromatic carbocycles. The molecule has 6 heteroatoms. The van der Waals surface area contributed by atoms with Crippen molar-refractivity contribution >= 4 is 28.3 Å². The summed E-state index contributed by atoms with van der Waals surface area (Å²) in [5, 5.41) is 16.2. The largest absolute Gasteiger partial charge is 0.496 e. The number of aryl methyl sites for hydroxylation is 1. The Morgan fingerprint density at radius 2 is 2.32 bits per heavy atom. The lowest BCUT2D eigenvalue weighted by atomic mass is 10.1. The standard InChI is InChI=1S/C19H19N3O2S/c1-12-3-5-16(24-2)13(9-12)4-6-18(23)22-19-15(10-20)14-7-8-21-11-17(14)25-19/h3-6,9,21H,7-8,11H2,1-2H3,(H,22,23). The smallest absolute Gasteiger partial charge is 0.249 e. The maximum Gasteiger partial charge on any atom is 0.249 e.